The van der Waals surface area contributed by atoms with E-state index in [9.17, 15) is 14.9 Å². The Bertz CT molecular complexity index is 728. The fraction of sp³-hybridized carbons (Fsp3) is 0.429. The van der Waals surface area contributed by atoms with Gasteiger partial charge in [0.15, 0.2) is 5.16 Å². The van der Waals surface area contributed by atoms with Crippen molar-refractivity contribution in [2.24, 2.45) is 0 Å². The number of thioether (sulfide) groups is 1. The highest BCUT2D eigenvalue weighted by molar-refractivity contribution is 7.99. The molecule has 1 aromatic heterocycles. The minimum Gasteiger partial charge on any atom is -0.385 e. The largest absolute Gasteiger partial charge is 0.385 e. The van der Waals surface area contributed by atoms with E-state index in [1.165, 1.54) is 23.9 Å². The van der Waals surface area contributed by atoms with E-state index in [1.54, 1.807) is 17.7 Å². The van der Waals surface area contributed by atoms with Crippen LogP contribution in [0.2, 0.25) is 0 Å². The summed E-state index contributed by atoms with van der Waals surface area (Å²) in [5, 5.41) is 17.8. The van der Waals surface area contributed by atoms with Gasteiger partial charge in [0.25, 0.3) is 5.69 Å². The van der Waals surface area contributed by atoms with Crippen LogP contribution < -0.4 is 5.69 Å². The number of hydrogen-bond acceptors (Lipinski definition) is 6. The molecule has 0 aliphatic heterocycles. The van der Waals surface area contributed by atoms with Crippen molar-refractivity contribution in [2.75, 3.05) is 13.7 Å². The summed E-state index contributed by atoms with van der Waals surface area (Å²) < 4.78 is 6.54. The molecule has 0 radical (unpaired) electrons. The zero-order chi connectivity index (χ0) is 16.8. The summed E-state index contributed by atoms with van der Waals surface area (Å²) in [6, 6.07) is 6.47. The molecule has 124 valence electrons. The van der Waals surface area contributed by atoms with Gasteiger partial charge >= 0.3 is 5.69 Å². The highest BCUT2D eigenvalue weighted by Gasteiger charge is 2.16. The zero-order valence-corrected chi connectivity index (χ0v) is 13.7. The van der Waals surface area contributed by atoms with Crippen molar-refractivity contribution in [3.63, 3.8) is 0 Å². The van der Waals surface area contributed by atoms with Gasteiger partial charge in [-0.3, -0.25) is 14.7 Å². The number of ether oxygens (including phenoxy) is 1. The lowest BCUT2D eigenvalue weighted by Gasteiger charge is -2.11. The second-order valence-corrected chi connectivity index (χ2v) is 6.23. The Morgan fingerprint density at radius 3 is 3.00 bits per heavy atom. The Hall–Kier alpha value is -2.13. The van der Waals surface area contributed by atoms with E-state index >= 15 is 0 Å². The molecule has 1 atom stereocenters. The highest BCUT2D eigenvalue weighted by Crippen LogP contribution is 2.34. The van der Waals surface area contributed by atoms with Gasteiger partial charge in [0.05, 0.1) is 4.92 Å². The predicted octanol–water partition coefficient (Wildman–Crippen LogP) is 2.37. The maximum Gasteiger partial charge on any atom is 0.343 e. The lowest BCUT2D eigenvalue weighted by atomic mass is 10.1. The molecule has 8 nitrogen and oxygen atoms in total. The number of nitrogens with one attached hydrogen (secondary N) is 1. The van der Waals surface area contributed by atoms with Crippen molar-refractivity contribution in [3.8, 4) is 0 Å². The van der Waals surface area contributed by atoms with Crippen molar-refractivity contribution in [1.82, 2.24) is 14.8 Å². The minimum atomic E-state index is -0.421. The average Bonchev–Trinajstić information content (AvgIpc) is 2.88. The number of nitro benzene ring substituents is 1. The lowest BCUT2D eigenvalue weighted by Crippen LogP contribution is -2.18. The van der Waals surface area contributed by atoms with Gasteiger partial charge in [0.2, 0.25) is 0 Å². The van der Waals surface area contributed by atoms with E-state index < -0.39 is 4.92 Å². The molecule has 1 heterocycles. The number of nitrogens with zero attached hydrogens (tertiary/aromatic N) is 3. The molecule has 0 saturated carbocycles. The Morgan fingerprint density at radius 2 is 2.30 bits per heavy atom. The van der Waals surface area contributed by atoms with Gasteiger partial charge < -0.3 is 4.74 Å². The number of aromatic amines is 1. The smallest absolute Gasteiger partial charge is 0.343 e. The van der Waals surface area contributed by atoms with Crippen LogP contribution in [0.25, 0.3) is 0 Å². The number of rotatable bonds is 8. The number of methoxy groups -OCH3 is 1. The summed E-state index contributed by atoms with van der Waals surface area (Å²) in [4.78, 5) is 22.2. The second kappa shape index (κ2) is 7.93. The first-order chi connectivity index (χ1) is 11.0. The van der Waals surface area contributed by atoms with Gasteiger partial charge in [-0.05, 0) is 18.9 Å². The standard InChI is InChI=1S/C14H18N4O4S/c1-10(11-5-3-6-12(9-11)18(20)21)23-14-16-15-13(19)17(14)7-4-8-22-2/h3,5-6,9-10H,4,7-8H2,1-2H3,(H,15,19). The monoisotopic (exact) mass is 338 g/mol. The number of aromatic nitrogens is 3. The summed E-state index contributed by atoms with van der Waals surface area (Å²) >= 11 is 1.38. The molecule has 1 aromatic carbocycles. The van der Waals surface area contributed by atoms with Crippen LogP contribution in [0.5, 0.6) is 0 Å². The Kier molecular flexibility index (Phi) is 5.94. The predicted molar refractivity (Wildman–Crippen MR) is 86.7 cm³/mol. The minimum absolute atomic E-state index is 0.0504. The Labute approximate surface area is 137 Å². The number of H-pyrrole nitrogens is 1. The van der Waals surface area contributed by atoms with Crippen molar-refractivity contribution < 1.29 is 9.66 Å². The zero-order valence-electron chi connectivity index (χ0n) is 12.9. The van der Waals surface area contributed by atoms with Gasteiger partial charge in [-0.2, -0.15) is 0 Å². The van der Waals surface area contributed by atoms with Crippen molar-refractivity contribution in [1.29, 1.82) is 0 Å². The van der Waals surface area contributed by atoms with Crippen LogP contribution in [-0.4, -0.2) is 33.4 Å². The van der Waals surface area contributed by atoms with Crippen molar-refractivity contribution in [3.05, 3.63) is 50.4 Å². The van der Waals surface area contributed by atoms with Crippen LogP contribution in [-0.2, 0) is 11.3 Å². The van der Waals surface area contributed by atoms with Crippen molar-refractivity contribution >= 4 is 17.4 Å². The van der Waals surface area contributed by atoms with E-state index in [0.717, 1.165) is 5.56 Å². The Morgan fingerprint density at radius 1 is 1.52 bits per heavy atom. The molecule has 0 spiro atoms. The molecule has 0 bridgehead atoms. The van der Waals surface area contributed by atoms with E-state index in [0.29, 0.717) is 24.7 Å². The first kappa shape index (κ1) is 17.2. The third-order valence-corrected chi connectivity index (χ3v) is 4.43. The molecule has 0 amide bonds. The fourth-order valence-corrected chi connectivity index (χ4v) is 3.07. The first-order valence-electron chi connectivity index (χ1n) is 7.08. The van der Waals surface area contributed by atoms with E-state index in [-0.39, 0.29) is 16.6 Å². The van der Waals surface area contributed by atoms with Gasteiger partial charge in [-0.1, -0.05) is 23.9 Å². The molecule has 2 rings (SSSR count). The summed E-state index contributed by atoms with van der Waals surface area (Å²) in [5.41, 5.74) is 0.590. The topological polar surface area (TPSA) is 103 Å². The maximum atomic E-state index is 11.8. The summed E-state index contributed by atoms with van der Waals surface area (Å²) in [5.74, 6) is 0. The molecule has 1 N–H and O–H groups in total. The lowest BCUT2D eigenvalue weighted by molar-refractivity contribution is -0.384. The average molecular weight is 338 g/mol. The van der Waals surface area contributed by atoms with E-state index in [4.69, 9.17) is 4.74 Å². The fourth-order valence-electron chi connectivity index (χ4n) is 2.07. The number of non-ortho nitro benzene ring substituents is 1. The molecule has 0 fully saturated rings. The van der Waals surface area contributed by atoms with Crippen molar-refractivity contribution in [2.45, 2.75) is 30.3 Å². The highest BCUT2D eigenvalue weighted by atomic mass is 32.2. The molecule has 0 aliphatic rings. The van der Waals surface area contributed by atoms with Crippen LogP contribution in [0.3, 0.4) is 0 Å². The summed E-state index contributed by atoms with van der Waals surface area (Å²) in [6.45, 7) is 2.98. The molecule has 0 saturated heterocycles. The molecule has 9 heteroatoms. The molecule has 1 unspecified atom stereocenters. The SMILES string of the molecule is COCCCn1c(SC(C)c2cccc([N+](=O)[O-])c2)n[nH]c1=O. The van der Waals surface area contributed by atoms with Crippen LogP contribution in [0.15, 0.2) is 34.2 Å². The quantitative estimate of drug-likeness (QED) is 0.343. The third-order valence-electron chi connectivity index (χ3n) is 3.29. The normalized spacial score (nSPS) is 12.3. The molecular formula is C14H18N4O4S. The van der Waals surface area contributed by atoms with Crippen LogP contribution >= 0.6 is 11.8 Å². The van der Waals surface area contributed by atoms with Crippen LogP contribution in [0, 0.1) is 10.1 Å². The summed E-state index contributed by atoms with van der Waals surface area (Å²) in [7, 11) is 1.61. The first-order valence-corrected chi connectivity index (χ1v) is 7.96. The molecule has 2 aromatic rings. The second-order valence-electron chi connectivity index (χ2n) is 4.92. The molecule has 0 aliphatic carbocycles. The molecule has 23 heavy (non-hydrogen) atoms. The number of hydrogen-bond donors (Lipinski definition) is 1. The van der Waals surface area contributed by atoms with E-state index in [1.807, 2.05) is 13.0 Å². The number of nitro groups is 1. The van der Waals surface area contributed by atoms with Gasteiger partial charge in [0, 0.05) is 37.6 Å². The maximum absolute atomic E-state index is 11.8. The van der Waals surface area contributed by atoms with Gasteiger partial charge in [-0.15, -0.1) is 5.10 Å². The Balaban J connectivity index is 2.14. The van der Waals surface area contributed by atoms with Gasteiger partial charge in [0.1, 0.15) is 0 Å². The van der Waals surface area contributed by atoms with E-state index in [2.05, 4.69) is 10.2 Å². The third kappa shape index (κ3) is 4.42. The van der Waals surface area contributed by atoms with Gasteiger partial charge in [-0.25, -0.2) is 9.89 Å². The number of benzene rings is 1. The van der Waals surface area contributed by atoms with Crippen LogP contribution in [0.1, 0.15) is 24.2 Å². The summed E-state index contributed by atoms with van der Waals surface area (Å²) in [6.07, 6.45) is 0.703. The molecular weight excluding hydrogens is 320 g/mol. The van der Waals surface area contributed by atoms with Crippen LogP contribution in [0.4, 0.5) is 5.69 Å².